The lowest BCUT2D eigenvalue weighted by atomic mass is 9.98. The Labute approximate surface area is 127 Å². The van der Waals surface area contributed by atoms with Gasteiger partial charge in [0.05, 0.1) is 13.7 Å². The van der Waals surface area contributed by atoms with Crippen molar-refractivity contribution in [2.45, 2.75) is 47.1 Å². The van der Waals surface area contributed by atoms with Crippen molar-refractivity contribution < 1.29 is 9.15 Å². The van der Waals surface area contributed by atoms with Crippen LogP contribution in [0.5, 0.6) is 5.75 Å². The van der Waals surface area contributed by atoms with E-state index in [1.165, 1.54) is 16.5 Å². The molecule has 3 heteroatoms. The second kappa shape index (κ2) is 6.99. The number of aryl methyl sites for hydroxylation is 1. The molecule has 0 aliphatic carbocycles. The molecule has 2 aromatic rings. The van der Waals surface area contributed by atoms with Crippen molar-refractivity contribution in [1.29, 1.82) is 0 Å². The molecule has 0 unspecified atom stereocenters. The van der Waals surface area contributed by atoms with Crippen LogP contribution in [0.3, 0.4) is 0 Å². The molecule has 0 saturated heterocycles. The van der Waals surface area contributed by atoms with Crippen molar-refractivity contribution >= 4 is 11.0 Å². The summed E-state index contributed by atoms with van der Waals surface area (Å²) in [6.07, 6.45) is 2.03. The Morgan fingerprint density at radius 1 is 1.24 bits per heavy atom. The summed E-state index contributed by atoms with van der Waals surface area (Å²) in [5.74, 6) is 2.49. The average Bonchev–Trinajstić information content (AvgIpc) is 2.81. The normalized spacial score (nSPS) is 11.5. The van der Waals surface area contributed by atoms with Crippen LogP contribution in [0.15, 0.2) is 16.5 Å². The van der Waals surface area contributed by atoms with Crippen molar-refractivity contribution in [3.8, 4) is 5.75 Å². The van der Waals surface area contributed by atoms with Crippen molar-refractivity contribution in [2.75, 3.05) is 13.7 Å². The minimum absolute atomic E-state index is 0.599. The SMILES string of the molecule is CCNCc1oc2c(OC)cc(CC)cc2c1CC(C)C. The molecule has 0 radical (unpaired) electrons. The molecule has 116 valence electrons. The number of hydrogen-bond acceptors (Lipinski definition) is 3. The van der Waals surface area contributed by atoms with Gasteiger partial charge in [0.25, 0.3) is 0 Å². The standard InChI is InChI=1S/C18H27NO2/c1-6-13-9-15-14(8-12(3)4)17(11-19-7-2)21-18(15)16(10-13)20-5/h9-10,12,19H,6-8,11H2,1-5H3. The fraction of sp³-hybridized carbons (Fsp3) is 0.556. The van der Waals surface area contributed by atoms with Crippen LogP contribution in [-0.4, -0.2) is 13.7 Å². The molecule has 0 spiro atoms. The average molecular weight is 289 g/mol. The van der Waals surface area contributed by atoms with Gasteiger partial charge in [-0.05, 0) is 43.0 Å². The monoisotopic (exact) mass is 289 g/mol. The Morgan fingerprint density at radius 2 is 2.00 bits per heavy atom. The minimum Gasteiger partial charge on any atom is -0.493 e. The Kier molecular flexibility index (Phi) is 5.29. The van der Waals surface area contributed by atoms with E-state index in [0.717, 1.165) is 43.0 Å². The molecule has 21 heavy (non-hydrogen) atoms. The quantitative estimate of drug-likeness (QED) is 0.824. The Hall–Kier alpha value is -1.48. The lowest BCUT2D eigenvalue weighted by molar-refractivity contribution is 0.405. The maximum Gasteiger partial charge on any atom is 0.176 e. The van der Waals surface area contributed by atoms with E-state index in [1.807, 2.05) is 0 Å². The maximum atomic E-state index is 6.14. The molecule has 1 N–H and O–H groups in total. The molecule has 1 aromatic carbocycles. The molecular formula is C18H27NO2. The second-order valence-electron chi connectivity index (χ2n) is 5.91. The number of benzene rings is 1. The first kappa shape index (κ1) is 15.9. The summed E-state index contributed by atoms with van der Waals surface area (Å²) in [5.41, 5.74) is 3.51. The Bertz CT molecular complexity index is 599. The number of nitrogens with one attached hydrogen (secondary N) is 1. The van der Waals surface area contributed by atoms with E-state index in [1.54, 1.807) is 7.11 Å². The smallest absolute Gasteiger partial charge is 0.176 e. The van der Waals surface area contributed by atoms with E-state index in [-0.39, 0.29) is 0 Å². The topological polar surface area (TPSA) is 34.4 Å². The summed E-state index contributed by atoms with van der Waals surface area (Å²) >= 11 is 0. The number of ether oxygens (including phenoxy) is 1. The third kappa shape index (κ3) is 3.41. The second-order valence-corrected chi connectivity index (χ2v) is 5.91. The summed E-state index contributed by atoms with van der Waals surface area (Å²) in [4.78, 5) is 0. The molecule has 2 rings (SSSR count). The van der Waals surface area contributed by atoms with E-state index in [2.05, 4.69) is 45.1 Å². The van der Waals surface area contributed by atoms with Gasteiger partial charge in [0.2, 0.25) is 0 Å². The van der Waals surface area contributed by atoms with Crippen molar-refractivity contribution in [3.63, 3.8) is 0 Å². The van der Waals surface area contributed by atoms with Crippen molar-refractivity contribution in [3.05, 3.63) is 29.0 Å². The predicted molar refractivity (Wildman–Crippen MR) is 88.1 cm³/mol. The third-order valence-corrected chi connectivity index (χ3v) is 3.78. The molecule has 0 atom stereocenters. The van der Waals surface area contributed by atoms with Crippen LogP contribution < -0.4 is 10.1 Å². The molecule has 1 heterocycles. The molecule has 0 aliphatic heterocycles. The van der Waals surface area contributed by atoms with Gasteiger partial charge in [-0.15, -0.1) is 0 Å². The number of fused-ring (bicyclic) bond motifs is 1. The van der Waals surface area contributed by atoms with Gasteiger partial charge in [0, 0.05) is 10.9 Å². The highest BCUT2D eigenvalue weighted by molar-refractivity contribution is 5.88. The molecule has 0 aliphatic rings. The van der Waals surface area contributed by atoms with Crippen molar-refractivity contribution in [2.24, 2.45) is 5.92 Å². The van der Waals surface area contributed by atoms with E-state index in [9.17, 15) is 0 Å². The molecule has 0 saturated carbocycles. The molecule has 0 fully saturated rings. The molecule has 0 amide bonds. The fourth-order valence-electron chi connectivity index (χ4n) is 2.69. The van der Waals surface area contributed by atoms with Crippen molar-refractivity contribution in [1.82, 2.24) is 5.32 Å². The first-order chi connectivity index (χ1) is 10.1. The maximum absolute atomic E-state index is 6.14. The molecule has 0 bridgehead atoms. The Balaban J connectivity index is 2.60. The molecule has 3 nitrogen and oxygen atoms in total. The lowest BCUT2D eigenvalue weighted by Gasteiger charge is -2.07. The highest BCUT2D eigenvalue weighted by Gasteiger charge is 2.18. The third-order valence-electron chi connectivity index (χ3n) is 3.78. The van der Waals surface area contributed by atoms with E-state index >= 15 is 0 Å². The van der Waals surface area contributed by atoms with Gasteiger partial charge in [0.1, 0.15) is 5.76 Å². The van der Waals surface area contributed by atoms with Gasteiger partial charge in [-0.2, -0.15) is 0 Å². The molecular weight excluding hydrogens is 262 g/mol. The summed E-state index contributed by atoms with van der Waals surface area (Å²) in [5, 5.41) is 4.59. The molecule has 1 aromatic heterocycles. The van der Waals surface area contributed by atoms with Crippen LogP contribution >= 0.6 is 0 Å². The fourth-order valence-corrected chi connectivity index (χ4v) is 2.69. The van der Waals surface area contributed by atoms with Crippen LogP contribution in [-0.2, 0) is 19.4 Å². The number of hydrogen-bond donors (Lipinski definition) is 1. The van der Waals surface area contributed by atoms with Gasteiger partial charge in [-0.3, -0.25) is 0 Å². The highest BCUT2D eigenvalue weighted by Crippen LogP contribution is 2.35. The van der Waals surface area contributed by atoms with Gasteiger partial charge in [0.15, 0.2) is 11.3 Å². The minimum atomic E-state index is 0.599. The van der Waals surface area contributed by atoms with Gasteiger partial charge >= 0.3 is 0 Å². The van der Waals surface area contributed by atoms with Crippen LogP contribution in [0.25, 0.3) is 11.0 Å². The van der Waals surface area contributed by atoms with E-state index in [4.69, 9.17) is 9.15 Å². The predicted octanol–water partition coefficient (Wildman–Crippen LogP) is 4.31. The zero-order valence-electron chi connectivity index (χ0n) is 13.9. The number of rotatable bonds is 7. The summed E-state index contributed by atoms with van der Waals surface area (Å²) < 4.78 is 11.7. The zero-order chi connectivity index (χ0) is 15.4. The van der Waals surface area contributed by atoms with E-state index in [0.29, 0.717) is 5.92 Å². The van der Waals surface area contributed by atoms with Crippen LogP contribution in [0, 0.1) is 5.92 Å². The first-order valence-electron chi connectivity index (χ1n) is 7.92. The number of furan rings is 1. The van der Waals surface area contributed by atoms with E-state index < -0.39 is 0 Å². The first-order valence-corrected chi connectivity index (χ1v) is 7.92. The lowest BCUT2D eigenvalue weighted by Crippen LogP contribution is -2.12. The summed E-state index contributed by atoms with van der Waals surface area (Å²) in [6.45, 7) is 10.5. The summed E-state index contributed by atoms with van der Waals surface area (Å²) in [7, 11) is 1.71. The Morgan fingerprint density at radius 3 is 2.57 bits per heavy atom. The number of methoxy groups -OCH3 is 1. The van der Waals surface area contributed by atoms with Gasteiger partial charge in [-0.1, -0.05) is 27.7 Å². The van der Waals surface area contributed by atoms with Crippen LogP contribution in [0.2, 0.25) is 0 Å². The summed E-state index contributed by atoms with van der Waals surface area (Å²) in [6, 6.07) is 4.34. The van der Waals surface area contributed by atoms with Crippen LogP contribution in [0.4, 0.5) is 0 Å². The van der Waals surface area contributed by atoms with Gasteiger partial charge in [-0.25, -0.2) is 0 Å². The zero-order valence-corrected chi connectivity index (χ0v) is 13.9. The van der Waals surface area contributed by atoms with Gasteiger partial charge < -0.3 is 14.5 Å². The van der Waals surface area contributed by atoms with Crippen LogP contribution in [0.1, 0.15) is 44.6 Å². The largest absolute Gasteiger partial charge is 0.493 e. The highest BCUT2D eigenvalue weighted by atomic mass is 16.5.